The van der Waals surface area contributed by atoms with Crippen molar-refractivity contribution < 1.29 is 4.79 Å². The van der Waals surface area contributed by atoms with E-state index >= 15 is 0 Å². The van der Waals surface area contributed by atoms with Crippen LogP contribution in [0.15, 0.2) is 11.6 Å². The van der Waals surface area contributed by atoms with Crippen molar-refractivity contribution >= 4 is 5.78 Å². The van der Waals surface area contributed by atoms with Crippen LogP contribution in [0.25, 0.3) is 0 Å². The average Bonchev–Trinajstić information content (AvgIpc) is 2.68. The van der Waals surface area contributed by atoms with Crippen molar-refractivity contribution in [1.82, 2.24) is 0 Å². The van der Waals surface area contributed by atoms with Gasteiger partial charge >= 0.3 is 0 Å². The largest absolute Gasteiger partial charge is 0.299 e. The molecule has 8 atom stereocenters. The Labute approximate surface area is 185 Å². The Morgan fingerprint density at radius 2 is 1.53 bits per heavy atom. The van der Waals surface area contributed by atoms with Gasteiger partial charge in [-0.15, -0.1) is 0 Å². The summed E-state index contributed by atoms with van der Waals surface area (Å²) in [5.41, 5.74) is 3.90. The van der Waals surface area contributed by atoms with E-state index in [1.54, 1.807) is 5.57 Å². The maximum absolute atomic E-state index is 12.6. The number of ketones is 1. The molecule has 5 rings (SSSR count). The quantitative estimate of drug-likeness (QED) is 0.370. The first kappa shape index (κ1) is 21.3. The molecule has 4 fully saturated rings. The van der Waals surface area contributed by atoms with Crippen LogP contribution in [0.1, 0.15) is 113 Å². The SMILES string of the molecule is C[C@H]1C(=O)CC[C@H]2C3=CC[C@@]4(C)[C@@H]5CC(C)(C)CC[C@]5(C)CC[C@]4(C)[C@H]3CC[C@]12C. The zero-order valence-corrected chi connectivity index (χ0v) is 20.9. The molecular formula is C29H46O. The van der Waals surface area contributed by atoms with Gasteiger partial charge in [0.25, 0.3) is 0 Å². The summed E-state index contributed by atoms with van der Waals surface area (Å²) in [5, 5.41) is 0. The fourth-order valence-electron chi connectivity index (χ4n) is 9.78. The van der Waals surface area contributed by atoms with Crippen LogP contribution in [0.3, 0.4) is 0 Å². The van der Waals surface area contributed by atoms with Crippen molar-refractivity contribution in [3.8, 4) is 0 Å². The Bertz CT molecular complexity index is 790. The van der Waals surface area contributed by atoms with E-state index in [0.717, 1.165) is 24.7 Å². The van der Waals surface area contributed by atoms with Crippen LogP contribution in [0, 0.1) is 50.7 Å². The molecule has 5 aliphatic carbocycles. The van der Waals surface area contributed by atoms with E-state index in [1.165, 1.54) is 51.4 Å². The molecule has 0 unspecified atom stereocenters. The predicted molar refractivity (Wildman–Crippen MR) is 125 cm³/mol. The Hall–Kier alpha value is -0.590. The van der Waals surface area contributed by atoms with E-state index in [-0.39, 0.29) is 11.3 Å². The van der Waals surface area contributed by atoms with Gasteiger partial charge in [0.15, 0.2) is 0 Å². The number of rotatable bonds is 0. The van der Waals surface area contributed by atoms with E-state index in [9.17, 15) is 4.79 Å². The highest BCUT2D eigenvalue weighted by Gasteiger charge is 2.66. The average molecular weight is 411 g/mol. The first-order valence-electron chi connectivity index (χ1n) is 13.1. The standard InChI is InChI=1S/C29H46O/c1-19-23(30)9-8-21-20-10-13-29(7)24-18-25(2,3)14-15-26(24,4)16-17-28(29,6)22(20)11-12-27(19,21)5/h10,19,21-22,24H,8-9,11-18H2,1-7H3/t19-,21-,22-,24+,26+,27+,28+,29-/m0/s1. The molecule has 30 heavy (non-hydrogen) atoms. The van der Waals surface area contributed by atoms with Gasteiger partial charge in [0.05, 0.1) is 0 Å². The van der Waals surface area contributed by atoms with Gasteiger partial charge in [0, 0.05) is 12.3 Å². The Kier molecular flexibility index (Phi) is 4.43. The number of Topliss-reactive ketones (excluding diaryl/α,β-unsaturated/α-hetero) is 1. The zero-order valence-electron chi connectivity index (χ0n) is 20.9. The summed E-state index contributed by atoms with van der Waals surface area (Å²) in [4.78, 5) is 12.6. The minimum atomic E-state index is 0.206. The van der Waals surface area contributed by atoms with Crippen molar-refractivity contribution in [3.05, 3.63) is 11.6 Å². The molecule has 1 nitrogen and oxygen atoms in total. The molecular weight excluding hydrogens is 364 g/mol. The van der Waals surface area contributed by atoms with Crippen molar-refractivity contribution in [1.29, 1.82) is 0 Å². The van der Waals surface area contributed by atoms with Gasteiger partial charge in [-0.05, 0) is 103 Å². The van der Waals surface area contributed by atoms with Crippen LogP contribution in [-0.4, -0.2) is 5.78 Å². The van der Waals surface area contributed by atoms with Crippen LogP contribution in [0.5, 0.6) is 0 Å². The smallest absolute Gasteiger partial charge is 0.136 e. The lowest BCUT2D eigenvalue weighted by Gasteiger charge is -2.70. The van der Waals surface area contributed by atoms with Crippen molar-refractivity contribution in [2.75, 3.05) is 0 Å². The molecule has 0 bridgehead atoms. The maximum Gasteiger partial charge on any atom is 0.136 e. The molecule has 0 heterocycles. The minimum Gasteiger partial charge on any atom is -0.299 e. The molecule has 0 aromatic rings. The number of carbonyl (C=O) groups excluding carboxylic acids is 1. The highest BCUT2D eigenvalue weighted by molar-refractivity contribution is 5.82. The van der Waals surface area contributed by atoms with Crippen LogP contribution in [-0.2, 0) is 4.79 Å². The molecule has 0 aromatic carbocycles. The third-order valence-corrected chi connectivity index (χ3v) is 12.5. The summed E-state index contributed by atoms with van der Waals surface area (Å²) < 4.78 is 0. The minimum absolute atomic E-state index is 0.206. The van der Waals surface area contributed by atoms with Gasteiger partial charge in [0.2, 0.25) is 0 Å². The highest BCUT2D eigenvalue weighted by Crippen LogP contribution is 2.74. The lowest BCUT2D eigenvalue weighted by molar-refractivity contribution is -0.180. The Morgan fingerprint density at radius 3 is 2.27 bits per heavy atom. The van der Waals surface area contributed by atoms with Crippen LogP contribution >= 0.6 is 0 Å². The maximum atomic E-state index is 12.6. The van der Waals surface area contributed by atoms with Crippen LogP contribution in [0.4, 0.5) is 0 Å². The molecule has 0 aromatic heterocycles. The third kappa shape index (κ3) is 2.56. The molecule has 4 saturated carbocycles. The molecule has 0 saturated heterocycles. The van der Waals surface area contributed by atoms with Gasteiger partial charge in [-0.3, -0.25) is 4.79 Å². The number of fused-ring (bicyclic) bond motifs is 7. The fourth-order valence-corrected chi connectivity index (χ4v) is 9.78. The van der Waals surface area contributed by atoms with E-state index in [4.69, 9.17) is 0 Å². The highest BCUT2D eigenvalue weighted by atomic mass is 16.1. The molecule has 0 N–H and O–H groups in total. The van der Waals surface area contributed by atoms with E-state index < -0.39 is 0 Å². The third-order valence-electron chi connectivity index (χ3n) is 12.5. The number of allylic oxidation sites excluding steroid dienone is 2. The topological polar surface area (TPSA) is 17.1 Å². The fraction of sp³-hybridized carbons (Fsp3) is 0.897. The van der Waals surface area contributed by atoms with E-state index in [1.807, 2.05) is 0 Å². The number of hydrogen-bond acceptors (Lipinski definition) is 1. The zero-order chi connectivity index (χ0) is 21.7. The molecule has 168 valence electrons. The Morgan fingerprint density at radius 1 is 0.833 bits per heavy atom. The summed E-state index contributed by atoms with van der Waals surface area (Å²) in [6, 6.07) is 0. The van der Waals surface area contributed by atoms with Gasteiger partial charge in [-0.2, -0.15) is 0 Å². The predicted octanol–water partition coefficient (Wildman–Crippen LogP) is 7.99. The summed E-state index contributed by atoms with van der Waals surface area (Å²) >= 11 is 0. The van der Waals surface area contributed by atoms with Crippen LogP contribution in [0.2, 0.25) is 0 Å². The Balaban J connectivity index is 1.56. The second-order valence-electron chi connectivity index (χ2n) is 14.2. The number of hydrogen-bond donors (Lipinski definition) is 0. The molecule has 0 spiro atoms. The molecule has 0 aliphatic heterocycles. The van der Waals surface area contributed by atoms with Crippen molar-refractivity contribution in [3.63, 3.8) is 0 Å². The van der Waals surface area contributed by atoms with E-state index in [0.29, 0.717) is 33.4 Å². The monoisotopic (exact) mass is 410 g/mol. The van der Waals surface area contributed by atoms with Gasteiger partial charge in [-0.1, -0.05) is 60.1 Å². The summed E-state index contributed by atoms with van der Waals surface area (Å²) in [5.74, 6) is 3.03. The first-order chi connectivity index (χ1) is 13.9. The second-order valence-corrected chi connectivity index (χ2v) is 14.2. The van der Waals surface area contributed by atoms with Gasteiger partial charge < -0.3 is 0 Å². The lowest BCUT2D eigenvalue weighted by Crippen LogP contribution is -2.62. The van der Waals surface area contributed by atoms with Gasteiger partial charge in [0.1, 0.15) is 5.78 Å². The summed E-state index contributed by atoms with van der Waals surface area (Å²) in [7, 11) is 0. The summed E-state index contributed by atoms with van der Waals surface area (Å²) in [6.45, 7) is 17.8. The van der Waals surface area contributed by atoms with Gasteiger partial charge in [-0.25, -0.2) is 0 Å². The van der Waals surface area contributed by atoms with Crippen LogP contribution < -0.4 is 0 Å². The first-order valence-corrected chi connectivity index (χ1v) is 13.1. The molecule has 1 heteroatoms. The molecule has 0 amide bonds. The molecule has 0 radical (unpaired) electrons. The van der Waals surface area contributed by atoms with E-state index in [2.05, 4.69) is 54.5 Å². The number of carbonyl (C=O) groups is 1. The van der Waals surface area contributed by atoms with Crippen molar-refractivity contribution in [2.24, 2.45) is 50.7 Å². The lowest BCUT2D eigenvalue weighted by atomic mass is 9.34. The molecule has 5 aliphatic rings. The normalized spacial score (nSPS) is 54.9. The summed E-state index contributed by atoms with van der Waals surface area (Å²) in [6.07, 6.45) is 15.6. The second kappa shape index (κ2) is 6.26. The van der Waals surface area contributed by atoms with Crippen molar-refractivity contribution in [2.45, 2.75) is 113 Å².